The highest BCUT2D eigenvalue weighted by molar-refractivity contribution is 6.30. The number of Topliss-reactive ketones (excluding diaryl/α,β-unsaturated/α-hetero) is 1. The van der Waals surface area contributed by atoms with Crippen LogP contribution in [0, 0.1) is 5.92 Å². The van der Waals surface area contributed by atoms with Gasteiger partial charge in [0, 0.05) is 31.6 Å². The van der Waals surface area contributed by atoms with Gasteiger partial charge in [-0.25, -0.2) is 4.98 Å². The van der Waals surface area contributed by atoms with Crippen LogP contribution in [0.4, 0.5) is 0 Å². The van der Waals surface area contributed by atoms with Crippen molar-refractivity contribution in [2.24, 2.45) is 5.92 Å². The number of pyridine rings is 1. The van der Waals surface area contributed by atoms with E-state index in [1.165, 1.54) is 6.20 Å². The first kappa shape index (κ1) is 13.0. The quantitative estimate of drug-likeness (QED) is 0.824. The average Bonchev–Trinajstić information content (AvgIpc) is 2.39. The summed E-state index contributed by atoms with van der Waals surface area (Å²) in [6.45, 7) is 2.95. The van der Waals surface area contributed by atoms with Crippen molar-refractivity contribution in [3.63, 3.8) is 0 Å². The normalized spacial score (nSPS) is 20.0. The molecule has 1 amide bonds. The minimum absolute atomic E-state index is 0.0324. The molecule has 1 unspecified atom stereocenters. The van der Waals surface area contributed by atoms with Crippen LogP contribution in [0.5, 0.6) is 0 Å². The second-order valence-corrected chi connectivity index (χ2v) is 4.87. The van der Waals surface area contributed by atoms with E-state index in [2.05, 4.69) is 4.98 Å². The number of ketones is 1. The molecular weight excluding hydrogens is 252 g/mol. The molecule has 4 nitrogen and oxygen atoms in total. The van der Waals surface area contributed by atoms with E-state index in [1.807, 2.05) is 6.92 Å². The van der Waals surface area contributed by atoms with Gasteiger partial charge in [0.25, 0.3) is 5.91 Å². The Balaban J connectivity index is 2.10. The SMILES string of the molecule is CCC1CN(C(=O)c2ccc(Cl)cn2)CCC1=O. The second kappa shape index (κ2) is 5.48. The monoisotopic (exact) mass is 266 g/mol. The molecule has 1 aromatic heterocycles. The summed E-state index contributed by atoms with van der Waals surface area (Å²) in [4.78, 5) is 29.5. The maximum absolute atomic E-state index is 12.2. The highest BCUT2D eigenvalue weighted by Crippen LogP contribution is 2.18. The minimum Gasteiger partial charge on any atom is -0.336 e. The van der Waals surface area contributed by atoms with Gasteiger partial charge in [-0.3, -0.25) is 9.59 Å². The Morgan fingerprint density at radius 1 is 1.56 bits per heavy atom. The number of hydrogen-bond acceptors (Lipinski definition) is 3. The van der Waals surface area contributed by atoms with Crippen LogP contribution >= 0.6 is 11.6 Å². The number of likely N-dealkylation sites (tertiary alicyclic amines) is 1. The molecule has 0 aromatic carbocycles. The lowest BCUT2D eigenvalue weighted by atomic mass is 9.94. The van der Waals surface area contributed by atoms with Crippen molar-refractivity contribution in [2.75, 3.05) is 13.1 Å². The van der Waals surface area contributed by atoms with Gasteiger partial charge in [0.2, 0.25) is 0 Å². The van der Waals surface area contributed by atoms with Crippen LogP contribution in [0.2, 0.25) is 5.02 Å². The van der Waals surface area contributed by atoms with Crippen molar-refractivity contribution >= 4 is 23.3 Å². The Kier molecular flexibility index (Phi) is 3.97. The predicted molar refractivity (Wildman–Crippen MR) is 68.6 cm³/mol. The van der Waals surface area contributed by atoms with Crippen molar-refractivity contribution in [3.8, 4) is 0 Å². The molecule has 0 bridgehead atoms. The highest BCUT2D eigenvalue weighted by Gasteiger charge is 2.29. The van der Waals surface area contributed by atoms with Crippen molar-refractivity contribution in [2.45, 2.75) is 19.8 Å². The third-order valence-corrected chi connectivity index (χ3v) is 3.47. The van der Waals surface area contributed by atoms with Crippen LogP contribution < -0.4 is 0 Å². The number of rotatable bonds is 2. The largest absolute Gasteiger partial charge is 0.336 e. The summed E-state index contributed by atoms with van der Waals surface area (Å²) in [6, 6.07) is 3.26. The van der Waals surface area contributed by atoms with E-state index < -0.39 is 0 Å². The zero-order valence-corrected chi connectivity index (χ0v) is 11.0. The van der Waals surface area contributed by atoms with Gasteiger partial charge in [0.05, 0.1) is 5.02 Å². The van der Waals surface area contributed by atoms with E-state index in [-0.39, 0.29) is 17.6 Å². The molecule has 2 rings (SSSR count). The fourth-order valence-corrected chi connectivity index (χ4v) is 2.23. The molecule has 0 radical (unpaired) electrons. The lowest BCUT2D eigenvalue weighted by molar-refractivity contribution is -0.125. The van der Waals surface area contributed by atoms with Crippen molar-refractivity contribution in [1.82, 2.24) is 9.88 Å². The maximum Gasteiger partial charge on any atom is 0.272 e. The standard InChI is InChI=1S/C13H15ClN2O2/c1-2-9-8-16(6-5-12(9)17)13(18)11-4-3-10(14)7-15-11/h3-4,7,9H,2,5-6,8H2,1H3. The van der Waals surface area contributed by atoms with Crippen LogP contribution in [0.15, 0.2) is 18.3 Å². The van der Waals surface area contributed by atoms with Crippen LogP contribution in [0.25, 0.3) is 0 Å². The van der Waals surface area contributed by atoms with Gasteiger partial charge in [-0.15, -0.1) is 0 Å². The number of aromatic nitrogens is 1. The molecule has 0 spiro atoms. The Labute approximate surface area is 111 Å². The van der Waals surface area contributed by atoms with Gasteiger partial charge in [-0.2, -0.15) is 0 Å². The lowest BCUT2D eigenvalue weighted by Gasteiger charge is -2.31. The van der Waals surface area contributed by atoms with Gasteiger partial charge in [-0.05, 0) is 18.6 Å². The van der Waals surface area contributed by atoms with E-state index in [1.54, 1.807) is 17.0 Å². The fourth-order valence-electron chi connectivity index (χ4n) is 2.11. The first-order valence-corrected chi connectivity index (χ1v) is 6.43. The van der Waals surface area contributed by atoms with Gasteiger partial charge < -0.3 is 4.90 Å². The summed E-state index contributed by atoms with van der Waals surface area (Å²) in [5.41, 5.74) is 0.378. The van der Waals surface area contributed by atoms with E-state index in [9.17, 15) is 9.59 Å². The number of hydrogen-bond donors (Lipinski definition) is 0. The maximum atomic E-state index is 12.2. The molecule has 1 fully saturated rings. The number of piperidine rings is 1. The molecule has 5 heteroatoms. The fraction of sp³-hybridized carbons (Fsp3) is 0.462. The molecule has 18 heavy (non-hydrogen) atoms. The predicted octanol–water partition coefficient (Wildman–Crippen LogP) is 2.18. The Morgan fingerprint density at radius 3 is 2.94 bits per heavy atom. The topological polar surface area (TPSA) is 50.3 Å². The van der Waals surface area contributed by atoms with Crippen molar-refractivity contribution < 1.29 is 9.59 Å². The molecule has 96 valence electrons. The molecule has 1 saturated heterocycles. The number of amides is 1. The van der Waals surface area contributed by atoms with Gasteiger partial charge in [0.15, 0.2) is 0 Å². The van der Waals surface area contributed by atoms with Gasteiger partial charge >= 0.3 is 0 Å². The second-order valence-electron chi connectivity index (χ2n) is 4.43. The number of carbonyl (C=O) groups is 2. The van der Waals surface area contributed by atoms with E-state index >= 15 is 0 Å². The number of nitrogens with zero attached hydrogens (tertiary/aromatic N) is 2. The first-order chi connectivity index (χ1) is 8.61. The van der Waals surface area contributed by atoms with E-state index in [4.69, 9.17) is 11.6 Å². The zero-order valence-electron chi connectivity index (χ0n) is 10.2. The van der Waals surface area contributed by atoms with Crippen LogP contribution in [0.3, 0.4) is 0 Å². The molecule has 1 aromatic rings. The van der Waals surface area contributed by atoms with Crippen LogP contribution in [-0.4, -0.2) is 34.7 Å². The Morgan fingerprint density at radius 2 is 2.33 bits per heavy atom. The smallest absolute Gasteiger partial charge is 0.272 e. The molecule has 1 atom stereocenters. The highest BCUT2D eigenvalue weighted by atomic mass is 35.5. The summed E-state index contributed by atoms with van der Waals surface area (Å²) >= 11 is 5.73. The number of carbonyl (C=O) groups excluding carboxylic acids is 2. The Bertz CT molecular complexity index is 459. The molecule has 1 aliphatic heterocycles. The summed E-state index contributed by atoms with van der Waals surface area (Å²) in [5, 5.41) is 0.506. The molecule has 0 saturated carbocycles. The molecule has 2 heterocycles. The van der Waals surface area contributed by atoms with Gasteiger partial charge in [-0.1, -0.05) is 18.5 Å². The summed E-state index contributed by atoms with van der Waals surface area (Å²) in [5.74, 6) is 0.0956. The van der Waals surface area contributed by atoms with E-state index in [0.29, 0.717) is 30.2 Å². The molecule has 0 aliphatic carbocycles. The zero-order chi connectivity index (χ0) is 13.1. The first-order valence-electron chi connectivity index (χ1n) is 6.05. The molecular formula is C13H15ClN2O2. The lowest BCUT2D eigenvalue weighted by Crippen LogP contribution is -2.44. The van der Waals surface area contributed by atoms with Crippen molar-refractivity contribution in [1.29, 1.82) is 0 Å². The number of halogens is 1. The van der Waals surface area contributed by atoms with E-state index in [0.717, 1.165) is 6.42 Å². The summed E-state index contributed by atoms with van der Waals surface area (Å²) in [7, 11) is 0. The summed E-state index contributed by atoms with van der Waals surface area (Å²) in [6.07, 6.45) is 2.68. The van der Waals surface area contributed by atoms with Crippen molar-refractivity contribution in [3.05, 3.63) is 29.0 Å². The Hall–Kier alpha value is -1.42. The van der Waals surface area contributed by atoms with Crippen LogP contribution in [-0.2, 0) is 4.79 Å². The van der Waals surface area contributed by atoms with Gasteiger partial charge in [0.1, 0.15) is 11.5 Å². The molecule has 1 aliphatic rings. The minimum atomic E-state index is -0.127. The van der Waals surface area contributed by atoms with Crippen LogP contribution in [0.1, 0.15) is 30.3 Å². The third kappa shape index (κ3) is 2.70. The average molecular weight is 267 g/mol. The third-order valence-electron chi connectivity index (χ3n) is 3.25. The summed E-state index contributed by atoms with van der Waals surface area (Å²) < 4.78 is 0. The molecule has 0 N–H and O–H groups in total.